The standard InChI is InChI=1S/C24H31NO5S/c1-14(2)23(17(5)29-18-9-7-15(3)8-10-18)30-24(27)16(4)13-20(31)21-22(26)19(28-6)11-12-25-21/h7-12,14,16-17,23,26H,13H2,1-6H3/t16-,17+,23-/m1/s1. The lowest BCUT2D eigenvalue weighted by Gasteiger charge is -2.29. The Morgan fingerprint density at radius 2 is 1.77 bits per heavy atom. The minimum atomic E-state index is -0.507. The van der Waals surface area contributed by atoms with E-state index >= 15 is 0 Å². The number of carbonyl (C=O) groups excluding carboxylic acids is 1. The number of ether oxygens (including phenoxy) is 3. The molecule has 0 saturated heterocycles. The van der Waals surface area contributed by atoms with Crippen molar-refractivity contribution in [1.82, 2.24) is 4.98 Å². The maximum Gasteiger partial charge on any atom is 0.309 e. The highest BCUT2D eigenvalue weighted by Gasteiger charge is 2.29. The third-order valence-corrected chi connectivity index (χ3v) is 5.34. The number of hydrogen-bond donors (Lipinski definition) is 1. The van der Waals surface area contributed by atoms with E-state index in [1.165, 1.54) is 13.3 Å². The molecule has 31 heavy (non-hydrogen) atoms. The molecule has 3 atom stereocenters. The SMILES string of the molecule is COc1ccnc(C(=S)C[C@@H](C)C(=O)O[C@H](C(C)C)[C@H](C)Oc2ccc(C)cc2)c1O. The minimum absolute atomic E-state index is 0.0626. The van der Waals surface area contributed by atoms with Crippen molar-refractivity contribution < 1.29 is 24.1 Å². The molecule has 7 heteroatoms. The van der Waals surface area contributed by atoms with E-state index in [0.29, 0.717) is 4.86 Å². The minimum Gasteiger partial charge on any atom is -0.503 e. The molecule has 0 aliphatic rings. The first-order chi connectivity index (χ1) is 14.6. The predicted molar refractivity (Wildman–Crippen MR) is 124 cm³/mol. The van der Waals surface area contributed by atoms with Crippen LogP contribution in [-0.2, 0) is 9.53 Å². The molecule has 0 bridgehead atoms. The van der Waals surface area contributed by atoms with E-state index < -0.39 is 12.0 Å². The number of methoxy groups -OCH3 is 1. The lowest BCUT2D eigenvalue weighted by atomic mass is 10.0. The van der Waals surface area contributed by atoms with E-state index in [-0.39, 0.29) is 41.6 Å². The second-order valence-electron chi connectivity index (χ2n) is 8.02. The molecule has 2 aromatic rings. The highest BCUT2D eigenvalue weighted by molar-refractivity contribution is 7.80. The fourth-order valence-electron chi connectivity index (χ4n) is 3.19. The van der Waals surface area contributed by atoms with Crippen LogP contribution < -0.4 is 9.47 Å². The summed E-state index contributed by atoms with van der Waals surface area (Å²) in [4.78, 5) is 17.3. The zero-order chi connectivity index (χ0) is 23.1. The number of benzene rings is 1. The van der Waals surface area contributed by atoms with Gasteiger partial charge in [-0.15, -0.1) is 0 Å². The Morgan fingerprint density at radius 1 is 1.13 bits per heavy atom. The Hall–Kier alpha value is -2.67. The average molecular weight is 446 g/mol. The van der Waals surface area contributed by atoms with Gasteiger partial charge in [0.15, 0.2) is 11.5 Å². The summed E-state index contributed by atoms with van der Waals surface area (Å²) in [7, 11) is 1.45. The second-order valence-corrected chi connectivity index (χ2v) is 8.51. The van der Waals surface area contributed by atoms with Gasteiger partial charge in [0.2, 0.25) is 0 Å². The van der Waals surface area contributed by atoms with E-state index in [4.69, 9.17) is 26.4 Å². The van der Waals surface area contributed by atoms with Crippen LogP contribution in [0.1, 0.15) is 45.4 Å². The molecule has 6 nitrogen and oxygen atoms in total. The first-order valence-electron chi connectivity index (χ1n) is 10.3. The summed E-state index contributed by atoms with van der Waals surface area (Å²) in [6.45, 7) is 9.62. The molecule has 0 aliphatic carbocycles. The van der Waals surface area contributed by atoms with Crippen LogP contribution in [0.3, 0.4) is 0 Å². The highest BCUT2D eigenvalue weighted by Crippen LogP contribution is 2.30. The summed E-state index contributed by atoms with van der Waals surface area (Å²) in [5.74, 6) is 0.0667. The molecule has 168 valence electrons. The summed E-state index contributed by atoms with van der Waals surface area (Å²) in [6, 6.07) is 9.30. The second kappa shape index (κ2) is 11.1. The highest BCUT2D eigenvalue weighted by atomic mass is 32.1. The number of thiocarbonyl (C=S) groups is 1. The van der Waals surface area contributed by atoms with Gasteiger partial charge in [0.05, 0.1) is 13.0 Å². The van der Waals surface area contributed by atoms with Crippen molar-refractivity contribution in [1.29, 1.82) is 0 Å². The molecule has 0 spiro atoms. The van der Waals surface area contributed by atoms with Crippen molar-refractivity contribution in [3.05, 3.63) is 47.8 Å². The first kappa shape index (κ1) is 24.6. The Kier molecular flexibility index (Phi) is 8.80. The molecule has 0 fully saturated rings. The maximum absolute atomic E-state index is 12.8. The Balaban J connectivity index is 2.02. The van der Waals surface area contributed by atoms with E-state index in [9.17, 15) is 9.90 Å². The molecule has 1 aromatic carbocycles. The van der Waals surface area contributed by atoms with Crippen LogP contribution in [0.4, 0.5) is 0 Å². The number of aromatic nitrogens is 1. The van der Waals surface area contributed by atoms with Crippen LogP contribution in [0.25, 0.3) is 0 Å². The summed E-state index contributed by atoms with van der Waals surface area (Å²) in [5.41, 5.74) is 1.39. The fraction of sp³-hybridized carbons (Fsp3) is 0.458. The fourth-order valence-corrected chi connectivity index (χ4v) is 3.59. The van der Waals surface area contributed by atoms with E-state index in [2.05, 4.69) is 4.98 Å². The largest absolute Gasteiger partial charge is 0.503 e. The van der Waals surface area contributed by atoms with E-state index in [1.807, 2.05) is 52.0 Å². The average Bonchev–Trinajstić information content (AvgIpc) is 2.73. The van der Waals surface area contributed by atoms with Gasteiger partial charge in [-0.05, 0) is 38.3 Å². The molecule has 0 aliphatic heterocycles. The number of pyridine rings is 1. The van der Waals surface area contributed by atoms with Crippen molar-refractivity contribution >= 4 is 23.1 Å². The molecule has 0 unspecified atom stereocenters. The monoisotopic (exact) mass is 445 g/mol. The van der Waals surface area contributed by atoms with Gasteiger partial charge in [0.1, 0.15) is 23.7 Å². The number of carbonyl (C=O) groups is 1. The first-order valence-corrected chi connectivity index (χ1v) is 10.7. The number of aryl methyl sites for hydroxylation is 1. The molecule has 2 rings (SSSR count). The van der Waals surface area contributed by atoms with Gasteiger partial charge in [-0.1, -0.05) is 50.7 Å². The van der Waals surface area contributed by atoms with Crippen LogP contribution in [0.15, 0.2) is 36.5 Å². The molecule has 1 aromatic heterocycles. The lowest BCUT2D eigenvalue weighted by molar-refractivity contribution is -0.160. The Labute approximate surface area is 189 Å². The van der Waals surface area contributed by atoms with Gasteiger partial charge in [0.25, 0.3) is 0 Å². The summed E-state index contributed by atoms with van der Waals surface area (Å²) in [6.07, 6.45) is 0.977. The van der Waals surface area contributed by atoms with Gasteiger partial charge in [-0.25, -0.2) is 0 Å². The van der Waals surface area contributed by atoms with Gasteiger partial charge < -0.3 is 19.3 Å². The third-order valence-electron chi connectivity index (χ3n) is 4.98. The van der Waals surface area contributed by atoms with Gasteiger partial charge in [-0.2, -0.15) is 0 Å². The number of esters is 1. The number of hydrogen-bond acceptors (Lipinski definition) is 7. The smallest absolute Gasteiger partial charge is 0.309 e. The van der Waals surface area contributed by atoms with Crippen molar-refractivity contribution in [3.8, 4) is 17.2 Å². The molecule has 1 N–H and O–H groups in total. The zero-order valence-electron chi connectivity index (χ0n) is 18.9. The zero-order valence-corrected chi connectivity index (χ0v) is 19.7. The molecular formula is C24H31NO5S. The van der Waals surface area contributed by atoms with Gasteiger partial charge in [-0.3, -0.25) is 9.78 Å². The summed E-state index contributed by atoms with van der Waals surface area (Å²) in [5, 5.41) is 10.3. The predicted octanol–water partition coefficient (Wildman–Crippen LogP) is 4.88. The number of aromatic hydroxyl groups is 1. The van der Waals surface area contributed by atoms with Crippen LogP contribution >= 0.6 is 12.2 Å². The normalized spacial score (nSPS) is 13.9. The number of nitrogens with zero attached hydrogens (tertiary/aromatic N) is 1. The molecule has 0 saturated carbocycles. The quantitative estimate of drug-likeness (QED) is 0.317. The lowest BCUT2D eigenvalue weighted by Crippen LogP contribution is -2.39. The molecule has 0 amide bonds. The molecule has 1 heterocycles. The van der Waals surface area contributed by atoms with Crippen molar-refractivity contribution in [2.24, 2.45) is 11.8 Å². The summed E-state index contributed by atoms with van der Waals surface area (Å²) < 4.78 is 16.9. The Morgan fingerprint density at radius 3 is 2.35 bits per heavy atom. The van der Waals surface area contributed by atoms with Crippen molar-refractivity contribution in [2.45, 2.75) is 53.2 Å². The number of rotatable bonds is 10. The molecule has 0 radical (unpaired) electrons. The van der Waals surface area contributed by atoms with Crippen LogP contribution in [0, 0.1) is 18.8 Å². The van der Waals surface area contributed by atoms with Crippen LogP contribution in [0.5, 0.6) is 17.2 Å². The van der Waals surface area contributed by atoms with Crippen LogP contribution in [-0.4, -0.2) is 40.2 Å². The topological polar surface area (TPSA) is 77.9 Å². The van der Waals surface area contributed by atoms with E-state index in [0.717, 1.165) is 11.3 Å². The van der Waals surface area contributed by atoms with Gasteiger partial charge >= 0.3 is 5.97 Å². The van der Waals surface area contributed by atoms with Crippen LogP contribution in [0.2, 0.25) is 0 Å². The summed E-state index contributed by atoms with van der Waals surface area (Å²) >= 11 is 5.41. The maximum atomic E-state index is 12.8. The van der Waals surface area contributed by atoms with Gasteiger partial charge in [0, 0.05) is 17.1 Å². The van der Waals surface area contributed by atoms with E-state index in [1.54, 1.807) is 13.0 Å². The Bertz CT molecular complexity index is 897. The molecular weight excluding hydrogens is 414 g/mol. The van der Waals surface area contributed by atoms with Crippen molar-refractivity contribution in [3.63, 3.8) is 0 Å². The van der Waals surface area contributed by atoms with Crippen molar-refractivity contribution in [2.75, 3.05) is 7.11 Å². The third kappa shape index (κ3) is 6.66.